The number of anilines is 1. The van der Waals surface area contributed by atoms with Crippen LogP contribution in [0.1, 0.15) is 0 Å². The Balaban J connectivity index is 1.80. The van der Waals surface area contributed by atoms with Gasteiger partial charge in [0.25, 0.3) is 5.17 Å². The smallest absolute Gasteiger partial charge is 0.299 e. The second-order valence-electron chi connectivity index (χ2n) is 3.59. The first kappa shape index (κ1) is 12.3. The summed E-state index contributed by atoms with van der Waals surface area (Å²) in [6.07, 6.45) is 0. The predicted octanol–water partition coefficient (Wildman–Crippen LogP) is 0.377. The Kier molecular flexibility index (Phi) is 4.33. The van der Waals surface area contributed by atoms with E-state index < -0.39 is 0 Å². The molecule has 5 N–H and O–H groups in total. The van der Waals surface area contributed by atoms with Crippen molar-refractivity contribution in [2.24, 2.45) is 10.7 Å². The summed E-state index contributed by atoms with van der Waals surface area (Å²) in [6.45, 7) is 0.820. The highest BCUT2D eigenvalue weighted by atomic mass is 32.2. The van der Waals surface area contributed by atoms with Crippen molar-refractivity contribution in [2.75, 3.05) is 17.6 Å². The Hall–Kier alpha value is -1.14. The molecule has 1 aliphatic rings. The Morgan fingerprint density at radius 2 is 2.29 bits per heavy atom. The molecule has 17 heavy (non-hydrogen) atoms. The fourth-order valence-corrected chi connectivity index (χ4v) is 3.16. The molecule has 0 amide bonds. The monoisotopic (exact) mass is 267 g/mol. The molecule has 6 heteroatoms. The summed E-state index contributed by atoms with van der Waals surface area (Å²) < 4.78 is 0. The average molecular weight is 267 g/mol. The second kappa shape index (κ2) is 5.97. The minimum Gasteiger partial charge on any atom is -0.335 e. The molecule has 0 aliphatic carbocycles. The Bertz CT molecular complexity index is 419. The van der Waals surface area contributed by atoms with Gasteiger partial charge >= 0.3 is 0 Å². The van der Waals surface area contributed by atoms with Crippen LogP contribution >= 0.6 is 23.5 Å². The summed E-state index contributed by atoms with van der Waals surface area (Å²) >= 11 is 3.23. The molecule has 1 atom stereocenters. The molecule has 1 aromatic rings. The minimum absolute atomic E-state index is 0.426. The third-order valence-electron chi connectivity index (χ3n) is 2.18. The third-order valence-corrected chi connectivity index (χ3v) is 4.39. The van der Waals surface area contributed by atoms with E-state index >= 15 is 0 Å². The van der Waals surface area contributed by atoms with E-state index in [4.69, 9.17) is 11.1 Å². The van der Waals surface area contributed by atoms with Crippen LogP contribution < -0.4 is 16.5 Å². The molecule has 0 spiro atoms. The quantitative estimate of drug-likeness (QED) is 0.546. The fraction of sp³-hybridized carbons (Fsp3) is 0.273. The van der Waals surface area contributed by atoms with Gasteiger partial charge in [-0.2, -0.15) is 0 Å². The van der Waals surface area contributed by atoms with Crippen molar-refractivity contribution in [3.05, 3.63) is 30.3 Å². The normalized spacial score (nSPS) is 18.8. The first-order valence-corrected chi connectivity index (χ1v) is 7.14. The maximum atomic E-state index is 5.42. The number of nitrogens with two attached hydrogens (primary N) is 2. The van der Waals surface area contributed by atoms with Gasteiger partial charge < -0.3 is 5.32 Å². The summed E-state index contributed by atoms with van der Waals surface area (Å²) in [5.74, 6) is 0.899. The molecule has 0 saturated heterocycles. The molecular formula is C11H15N4S2+. The molecule has 0 fully saturated rings. The summed E-state index contributed by atoms with van der Waals surface area (Å²) in [5.41, 5.74) is 6.49. The number of hydrogen-bond donors (Lipinski definition) is 3. The first-order chi connectivity index (χ1) is 8.24. The number of aliphatic imine (C=N–C) groups is 1. The lowest BCUT2D eigenvalue weighted by Crippen LogP contribution is -2.43. The zero-order valence-electron chi connectivity index (χ0n) is 9.30. The van der Waals surface area contributed by atoms with Gasteiger partial charge in [0, 0.05) is 16.7 Å². The van der Waals surface area contributed by atoms with Crippen molar-refractivity contribution in [1.29, 1.82) is 0 Å². The summed E-state index contributed by atoms with van der Waals surface area (Å²) in [5, 5.41) is 10.6. The van der Waals surface area contributed by atoms with E-state index in [0.717, 1.165) is 23.2 Å². The van der Waals surface area contributed by atoms with Gasteiger partial charge in [-0.05, 0) is 23.9 Å². The Labute approximate surface area is 109 Å². The highest BCUT2D eigenvalue weighted by molar-refractivity contribution is 8.17. The van der Waals surface area contributed by atoms with Gasteiger partial charge in [-0.15, -0.1) is 0 Å². The van der Waals surface area contributed by atoms with E-state index in [1.807, 2.05) is 30.3 Å². The first-order valence-electron chi connectivity index (χ1n) is 5.28. The summed E-state index contributed by atoms with van der Waals surface area (Å²) in [7, 11) is 0. The van der Waals surface area contributed by atoms with E-state index in [0.29, 0.717) is 10.4 Å². The number of hydrogen-bond acceptors (Lipinski definition) is 4. The lowest BCUT2D eigenvalue weighted by atomic mass is 10.3. The van der Waals surface area contributed by atoms with Crippen LogP contribution in [0.25, 0.3) is 0 Å². The van der Waals surface area contributed by atoms with Gasteiger partial charge in [0.2, 0.25) is 0 Å². The number of para-hydroxylation sites is 1. The van der Waals surface area contributed by atoms with Crippen LogP contribution in [-0.2, 0) is 0 Å². The van der Waals surface area contributed by atoms with Crippen LogP contribution in [0.2, 0.25) is 0 Å². The molecule has 1 aromatic carbocycles. The van der Waals surface area contributed by atoms with Crippen molar-refractivity contribution in [3.8, 4) is 0 Å². The Morgan fingerprint density at radius 1 is 1.53 bits per heavy atom. The molecule has 4 nitrogen and oxygen atoms in total. The maximum absolute atomic E-state index is 5.42. The summed E-state index contributed by atoms with van der Waals surface area (Å²) in [6, 6.07) is 10.0. The molecule has 1 heterocycles. The maximum Gasteiger partial charge on any atom is 0.299 e. The largest absolute Gasteiger partial charge is 0.335 e. The SMILES string of the molecule is NC(=[NH2+])SCC1CN=C(Nc2ccccc2)S1. The molecule has 1 unspecified atom stereocenters. The summed E-state index contributed by atoms with van der Waals surface area (Å²) in [4.78, 5) is 4.45. The molecule has 90 valence electrons. The average Bonchev–Trinajstić information content (AvgIpc) is 2.75. The third kappa shape index (κ3) is 3.98. The molecule has 0 saturated carbocycles. The van der Waals surface area contributed by atoms with Gasteiger partial charge in [-0.1, -0.05) is 30.0 Å². The number of thioether (sulfide) groups is 2. The van der Waals surface area contributed by atoms with Gasteiger partial charge in [0.15, 0.2) is 5.17 Å². The fourth-order valence-electron chi connectivity index (χ4n) is 1.41. The minimum atomic E-state index is 0.426. The predicted molar refractivity (Wildman–Crippen MR) is 77.3 cm³/mol. The van der Waals surface area contributed by atoms with Crippen LogP contribution in [0.15, 0.2) is 35.3 Å². The molecule has 0 aromatic heterocycles. The second-order valence-corrected chi connectivity index (χ2v) is 5.97. The van der Waals surface area contributed by atoms with Crippen molar-refractivity contribution in [1.82, 2.24) is 0 Å². The molecule has 0 radical (unpaired) electrons. The van der Waals surface area contributed by atoms with Gasteiger partial charge in [0.1, 0.15) is 0 Å². The van der Waals surface area contributed by atoms with E-state index in [1.54, 1.807) is 11.8 Å². The zero-order chi connectivity index (χ0) is 12.1. The molecular weight excluding hydrogens is 252 g/mol. The lowest BCUT2D eigenvalue weighted by molar-refractivity contribution is -0.110. The lowest BCUT2D eigenvalue weighted by Gasteiger charge is -2.07. The number of benzene rings is 1. The van der Waals surface area contributed by atoms with Crippen LogP contribution in [0, 0.1) is 0 Å². The number of rotatable bonds is 3. The van der Waals surface area contributed by atoms with Crippen molar-refractivity contribution in [2.45, 2.75) is 5.25 Å². The zero-order valence-corrected chi connectivity index (χ0v) is 10.9. The van der Waals surface area contributed by atoms with Gasteiger partial charge in [0.05, 0.1) is 6.54 Å². The molecule has 1 aliphatic heterocycles. The highest BCUT2D eigenvalue weighted by Crippen LogP contribution is 2.25. The van der Waals surface area contributed by atoms with Crippen molar-refractivity contribution < 1.29 is 5.41 Å². The van der Waals surface area contributed by atoms with Crippen molar-refractivity contribution in [3.63, 3.8) is 0 Å². The van der Waals surface area contributed by atoms with E-state index in [1.165, 1.54) is 11.8 Å². The number of nitrogens with one attached hydrogen (secondary N) is 1. The van der Waals surface area contributed by atoms with Gasteiger partial charge in [-0.25, -0.2) is 0 Å². The van der Waals surface area contributed by atoms with Gasteiger partial charge in [-0.3, -0.25) is 16.1 Å². The van der Waals surface area contributed by atoms with Crippen LogP contribution in [-0.4, -0.2) is 27.9 Å². The van der Waals surface area contributed by atoms with E-state index in [9.17, 15) is 0 Å². The van der Waals surface area contributed by atoms with E-state index in [2.05, 4.69) is 10.3 Å². The van der Waals surface area contributed by atoms with E-state index in [-0.39, 0.29) is 0 Å². The highest BCUT2D eigenvalue weighted by Gasteiger charge is 2.20. The topological polar surface area (TPSA) is 76.0 Å². The van der Waals surface area contributed by atoms with Crippen LogP contribution in [0.5, 0.6) is 0 Å². The molecule has 0 bridgehead atoms. The number of amidine groups is 2. The van der Waals surface area contributed by atoms with Crippen LogP contribution in [0.3, 0.4) is 0 Å². The number of nitrogens with zero attached hydrogens (tertiary/aromatic N) is 1. The van der Waals surface area contributed by atoms with Crippen LogP contribution in [0.4, 0.5) is 5.69 Å². The van der Waals surface area contributed by atoms with Crippen molar-refractivity contribution >= 4 is 39.5 Å². The molecule has 2 rings (SSSR count). The Morgan fingerprint density at radius 3 is 3.00 bits per heavy atom. The standard InChI is InChI=1S/C11H14N4S2/c12-10(13)16-7-9-6-14-11(17-9)15-8-4-2-1-3-5-8/h1-5,9H,6-7H2,(H3,12,13)(H,14,15)/p+1.